The Hall–Kier alpha value is -1.37. The molecule has 6 nitrogen and oxygen atoms in total. The first-order chi connectivity index (χ1) is 11.1. The van der Waals surface area contributed by atoms with Gasteiger partial charge in [0.1, 0.15) is 12.0 Å². The van der Waals surface area contributed by atoms with Gasteiger partial charge < -0.3 is 19.8 Å². The van der Waals surface area contributed by atoms with Gasteiger partial charge in [0.15, 0.2) is 0 Å². The Morgan fingerprint density at radius 1 is 1.35 bits per heavy atom. The molecule has 2 aliphatic heterocycles. The van der Waals surface area contributed by atoms with E-state index in [1.54, 1.807) is 6.07 Å². The van der Waals surface area contributed by atoms with Gasteiger partial charge in [-0.2, -0.15) is 0 Å². The van der Waals surface area contributed by atoms with Crippen LogP contribution in [0.2, 0.25) is 0 Å². The van der Waals surface area contributed by atoms with E-state index in [-0.39, 0.29) is 24.2 Å². The molecular weight excluding hydrogens is 294 g/mol. The second-order valence-electron chi connectivity index (χ2n) is 6.78. The van der Waals surface area contributed by atoms with E-state index in [1.165, 1.54) is 6.26 Å². The molecule has 3 unspecified atom stereocenters. The Kier molecular flexibility index (Phi) is 5.04. The first-order valence-corrected chi connectivity index (χ1v) is 8.53. The van der Waals surface area contributed by atoms with Crippen molar-refractivity contribution in [2.24, 2.45) is 5.73 Å². The number of likely N-dealkylation sites (tertiary alicyclic amines) is 1. The van der Waals surface area contributed by atoms with Crippen LogP contribution in [0, 0.1) is 0 Å². The summed E-state index contributed by atoms with van der Waals surface area (Å²) in [5.41, 5.74) is 6.17. The highest BCUT2D eigenvalue weighted by molar-refractivity contribution is 5.94. The summed E-state index contributed by atoms with van der Waals surface area (Å²) in [5.74, 6) is 0.713. The minimum Gasteiger partial charge on any atom is -0.467 e. The highest BCUT2D eigenvalue weighted by atomic mass is 16.5. The molecule has 2 aliphatic rings. The third-order valence-corrected chi connectivity index (χ3v) is 4.70. The van der Waals surface area contributed by atoms with Crippen molar-refractivity contribution >= 4 is 5.91 Å². The standard InChI is InChI=1S/C17H27N3O3/c1-12-8-19(9-13(2)23-12)10-15-4-3-5-20(15)17(21)14-6-16(7-18)22-11-14/h6,11-13,15H,3-5,7-10,18H2,1-2H3. The van der Waals surface area contributed by atoms with Crippen LogP contribution in [0.25, 0.3) is 0 Å². The van der Waals surface area contributed by atoms with E-state index in [9.17, 15) is 4.79 Å². The second kappa shape index (κ2) is 7.03. The molecule has 3 atom stereocenters. The molecule has 0 bridgehead atoms. The predicted molar refractivity (Wildman–Crippen MR) is 87.1 cm³/mol. The van der Waals surface area contributed by atoms with Crippen molar-refractivity contribution in [3.05, 3.63) is 23.7 Å². The zero-order valence-electron chi connectivity index (χ0n) is 14.0. The summed E-state index contributed by atoms with van der Waals surface area (Å²) >= 11 is 0. The van der Waals surface area contributed by atoms with Crippen molar-refractivity contribution in [1.82, 2.24) is 9.80 Å². The van der Waals surface area contributed by atoms with Crippen LogP contribution in [0.5, 0.6) is 0 Å². The van der Waals surface area contributed by atoms with Gasteiger partial charge in [0.2, 0.25) is 0 Å². The summed E-state index contributed by atoms with van der Waals surface area (Å²) in [6.07, 6.45) is 4.16. The van der Waals surface area contributed by atoms with Gasteiger partial charge in [-0.25, -0.2) is 0 Å². The largest absolute Gasteiger partial charge is 0.467 e. The van der Waals surface area contributed by atoms with E-state index < -0.39 is 0 Å². The van der Waals surface area contributed by atoms with Gasteiger partial charge in [-0.3, -0.25) is 9.69 Å². The lowest BCUT2D eigenvalue weighted by molar-refractivity contribution is -0.0715. The van der Waals surface area contributed by atoms with Gasteiger partial charge >= 0.3 is 0 Å². The summed E-state index contributed by atoms with van der Waals surface area (Å²) in [5, 5.41) is 0. The van der Waals surface area contributed by atoms with Crippen LogP contribution in [-0.4, -0.2) is 60.1 Å². The Balaban J connectivity index is 1.64. The van der Waals surface area contributed by atoms with Gasteiger partial charge in [0.25, 0.3) is 5.91 Å². The lowest BCUT2D eigenvalue weighted by atomic mass is 10.1. The molecule has 128 valence electrons. The molecule has 0 aromatic carbocycles. The lowest BCUT2D eigenvalue weighted by Crippen LogP contribution is -2.50. The molecule has 0 spiro atoms. The fraction of sp³-hybridized carbons (Fsp3) is 0.706. The number of morpholine rings is 1. The fourth-order valence-electron chi connectivity index (χ4n) is 3.79. The van der Waals surface area contributed by atoms with E-state index in [0.717, 1.165) is 39.0 Å². The number of rotatable bonds is 4. The van der Waals surface area contributed by atoms with Crippen molar-refractivity contribution in [1.29, 1.82) is 0 Å². The Morgan fingerprint density at radius 2 is 2.09 bits per heavy atom. The van der Waals surface area contributed by atoms with Gasteiger partial charge in [-0.1, -0.05) is 0 Å². The van der Waals surface area contributed by atoms with Crippen LogP contribution in [0.3, 0.4) is 0 Å². The van der Waals surface area contributed by atoms with Gasteiger partial charge in [-0.15, -0.1) is 0 Å². The summed E-state index contributed by atoms with van der Waals surface area (Å²) in [4.78, 5) is 17.2. The number of amides is 1. The zero-order chi connectivity index (χ0) is 16.4. The van der Waals surface area contributed by atoms with E-state index in [2.05, 4.69) is 18.7 Å². The van der Waals surface area contributed by atoms with Crippen LogP contribution in [0.15, 0.2) is 16.7 Å². The Morgan fingerprint density at radius 3 is 2.74 bits per heavy atom. The smallest absolute Gasteiger partial charge is 0.257 e. The van der Waals surface area contributed by atoms with Crippen LogP contribution >= 0.6 is 0 Å². The number of nitrogens with two attached hydrogens (primary N) is 1. The van der Waals surface area contributed by atoms with Crippen molar-refractivity contribution in [2.45, 2.75) is 51.5 Å². The van der Waals surface area contributed by atoms with Crippen LogP contribution in [0.1, 0.15) is 42.8 Å². The Bertz CT molecular complexity index is 535. The molecule has 0 saturated carbocycles. The number of hydrogen-bond acceptors (Lipinski definition) is 5. The molecule has 2 N–H and O–H groups in total. The maximum Gasteiger partial charge on any atom is 0.257 e. The summed E-state index contributed by atoms with van der Waals surface area (Å²) < 4.78 is 11.1. The summed E-state index contributed by atoms with van der Waals surface area (Å²) in [6, 6.07) is 2.03. The predicted octanol–water partition coefficient (Wildman–Crippen LogP) is 1.45. The molecule has 6 heteroatoms. The first-order valence-electron chi connectivity index (χ1n) is 8.53. The number of carbonyl (C=O) groups is 1. The van der Waals surface area contributed by atoms with E-state index >= 15 is 0 Å². The highest BCUT2D eigenvalue weighted by Crippen LogP contribution is 2.23. The number of furan rings is 1. The first kappa shape index (κ1) is 16.5. The van der Waals surface area contributed by atoms with Crippen LogP contribution in [0.4, 0.5) is 0 Å². The maximum atomic E-state index is 12.7. The zero-order valence-corrected chi connectivity index (χ0v) is 14.0. The number of hydrogen-bond donors (Lipinski definition) is 1. The van der Waals surface area contributed by atoms with E-state index in [1.807, 2.05) is 4.90 Å². The van der Waals surface area contributed by atoms with E-state index in [4.69, 9.17) is 14.9 Å². The average Bonchev–Trinajstić information content (AvgIpc) is 3.14. The normalized spacial score (nSPS) is 29.2. The molecule has 1 aromatic heterocycles. The van der Waals surface area contributed by atoms with Crippen molar-refractivity contribution < 1.29 is 13.9 Å². The third-order valence-electron chi connectivity index (χ3n) is 4.70. The Labute approximate surface area is 137 Å². The minimum absolute atomic E-state index is 0.0605. The van der Waals surface area contributed by atoms with Gasteiger partial charge in [0, 0.05) is 32.2 Å². The number of nitrogens with zero attached hydrogens (tertiary/aromatic N) is 2. The highest BCUT2D eigenvalue weighted by Gasteiger charge is 2.33. The molecule has 23 heavy (non-hydrogen) atoms. The fourth-order valence-corrected chi connectivity index (χ4v) is 3.79. The van der Waals surface area contributed by atoms with E-state index in [0.29, 0.717) is 17.9 Å². The third kappa shape index (κ3) is 3.76. The van der Waals surface area contributed by atoms with Crippen LogP contribution in [-0.2, 0) is 11.3 Å². The molecule has 3 heterocycles. The minimum atomic E-state index is 0.0605. The summed E-state index contributed by atoms with van der Waals surface area (Å²) in [7, 11) is 0. The monoisotopic (exact) mass is 321 g/mol. The topological polar surface area (TPSA) is 71.9 Å². The van der Waals surface area contributed by atoms with Crippen molar-refractivity contribution in [2.75, 3.05) is 26.2 Å². The molecule has 0 aliphatic carbocycles. The van der Waals surface area contributed by atoms with Crippen molar-refractivity contribution in [3.8, 4) is 0 Å². The van der Waals surface area contributed by atoms with Crippen LogP contribution < -0.4 is 5.73 Å². The second-order valence-corrected chi connectivity index (χ2v) is 6.78. The van der Waals surface area contributed by atoms with Gasteiger partial charge in [0.05, 0.1) is 24.3 Å². The molecule has 2 fully saturated rings. The molecule has 1 amide bonds. The van der Waals surface area contributed by atoms with Crippen molar-refractivity contribution in [3.63, 3.8) is 0 Å². The average molecular weight is 321 g/mol. The maximum absolute atomic E-state index is 12.7. The molecule has 3 rings (SSSR count). The lowest BCUT2D eigenvalue weighted by Gasteiger charge is -2.38. The molecular formula is C17H27N3O3. The molecule has 2 saturated heterocycles. The number of ether oxygens (including phenoxy) is 1. The molecule has 0 radical (unpaired) electrons. The quantitative estimate of drug-likeness (QED) is 0.909. The number of carbonyl (C=O) groups excluding carboxylic acids is 1. The SMILES string of the molecule is CC1CN(CC2CCCN2C(=O)c2coc(CN)c2)CC(C)O1. The molecule has 1 aromatic rings. The van der Waals surface area contributed by atoms with Gasteiger partial charge in [-0.05, 0) is 32.8 Å². The summed E-state index contributed by atoms with van der Waals surface area (Å²) in [6.45, 7) is 8.16.